The lowest BCUT2D eigenvalue weighted by Crippen LogP contribution is -2.24. The second-order valence-electron chi connectivity index (χ2n) is 4.43. The maximum absolute atomic E-state index is 11.8. The molecular formula is C13H20O5S. The molecule has 0 fully saturated rings. The second-order valence-corrected chi connectivity index (χ2v) is 5.91. The zero-order chi connectivity index (χ0) is 14.5. The number of carbonyl (C=O) groups excluding carboxylic acids is 2. The fraction of sp³-hybridized carbons (Fsp3) is 0.692. The Morgan fingerprint density at radius 3 is 2.68 bits per heavy atom. The van der Waals surface area contributed by atoms with Gasteiger partial charge in [0.1, 0.15) is 5.76 Å². The second kappa shape index (κ2) is 6.96. The lowest BCUT2D eigenvalue weighted by molar-refractivity contribution is -0.143. The van der Waals surface area contributed by atoms with Crippen molar-refractivity contribution in [3.63, 3.8) is 0 Å². The van der Waals surface area contributed by atoms with Gasteiger partial charge in [-0.05, 0) is 27.2 Å². The third-order valence-corrected chi connectivity index (χ3v) is 4.21. The van der Waals surface area contributed by atoms with E-state index in [-0.39, 0.29) is 24.3 Å². The monoisotopic (exact) mass is 288 g/mol. The van der Waals surface area contributed by atoms with E-state index in [1.54, 1.807) is 13.8 Å². The molecule has 6 heteroatoms. The molecule has 1 atom stereocenters. The SMILES string of the molecule is CCOC(=O)CCC1(C)SC(=O)C(C)=C1OCOC. The van der Waals surface area contributed by atoms with Gasteiger partial charge in [0.2, 0.25) is 5.12 Å². The van der Waals surface area contributed by atoms with Crippen LogP contribution in [-0.4, -0.2) is 36.3 Å². The van der Waals surface area contributed by atoms with E-state index in [2.05, 4.69) is 0 Å². The van der Waals surface area contributed by atoms with Crippen molar-refractivity contribution in [1.82, 2.24) is 0 Å². The Morgan fingerprint density at radius 1 is 1.42 bits per heavy atom. The van der Waals surface area contributed by atoms with E-state index in [1.165, 1.54) is 18.9 Å². The summed E-state index contributed by atoms with van der Waals surface area (Å²) in [6, 6.07) is 0. The molecule has 0 amide bonds. The molecule has 1 rings (SSSR count). The first-order valence-electron chi connectivity index (χ1n) is 6.16. The van der Waals surface area contributed by atoms with E-state index in [9.17, 15) is 9.59 Å². The molecule has 0 saturated heterocycles. The molecule has 0 aliphatic carbocycles. The number of ether oxygens (including phenoxy) is 3. The molecule has 0 aromatic heterocycles. The minimum atomic E-state index is -0.521. The van der Waals surface area contributed by atoms with Crippen molar-refractivity contribution in [3.8, 4) is 0 Å². The highest BCUT2D eigenvalue weighted by Gasteiger charge is 2.43. The molecule has 0 radical (unpaired) electrons. The predicted octanol–water partition coefficient (Wildman–Crippen LogP) is 2.26. The fourth-order valence-corrected chi connectivity index (χ4v) is 3.10. The van der Waals surface area contributed by atoms with Crippen molar-refractivity contribution in [3.05, 3.63) is 11.3 Å². The molecular weight excluding hydrogens is 268 g/mol. The van der Waals surface area contributed by atoms with Gasteiger partial charge in [0.25, 0.3) is 0 Å². The van der Waals surface area contributed by atoms with Crippen LogP contribution in [0.2, 0.25) is 0 Å². The molecule has 0 N–H and O–H groups in total. The van der Waals surface area contributed by atoms with Crippen LogP contribution in [0.25, 0.3) is 0 Å². The molecule has 1 unspecified atom stereocenters. The van der Waals surface area contributed by atoms with Gasteiger partial charge in [0.15, 0.2) is 6.79 Å². The van der Waals surface area contributed by atoms with Crippen LogP contribution < -0.4 is 0 Å². The summed E-state index contributed by atoms with van der Waals surface area (Å²) < 4.78 is 14.8. The van der Waals surface area contributed by atoms with Crippen LogP contribution in [-0.2, 0) is 23.8 Å². The third kappa shape index (κ3) is 3.98. The standard InChI is InChI=1S/C13H20O5S/c1-5-17-10(14)6-7-13(3)11(18-8-16-4)9(2)12(15)19-13/h5-8H2,1-4H3. The Labute approximate surface area is 117 Å². The van der Waals surface area contributed by atoms with Gasteiger partial charge < -0.3 is 14.2 Å². The van der Waals surface area contributed by atoms with Crippen molar-refractivity contribution in [2.45, 2.75) is 38.4 Å². The number of hydrogen-bond donors (Lipinski definition) is 0. The van der Waals surface area contributed by atoms with Gasteiger partial charge in [-0.25, -0.2) is 0 Å². The summed E-state index contributed by atoms with van der Waals surface area (Å²) in [5, 5.41) is -0.0162. The molecule has 0 spiro atoms. The minimum absolute atomic E-state index is 0.0162. The first-order valence-corrected chi connectivity index (χ1v) is 6.98. The quantitative estimate of drug-likeness (QED) is 0.529. The molecule has 1 aliphatic rings. The summed E-state index contributed by atoms with van der Waals surface area (Å²) in [6.45, 7) is 5.86. The molecule has 1 heterocycles. The number of esters is 1. The van der Waals surface area contributed by atoms with Crippen LogP contribution >= 0.6 is 11.8 Å². The first-order chi connectivity index (χ1) is 8.94. The highest BCUT2D eigenvalue weighted by Crippen LogP contribution is 2.46. The number of hydrogen-bond acceptors (Lipinski definition) is 6. The molecule has 0 aromatic rings. The summed E-state index contributed by atoms with van der Waals surface area (Å²) >= 11 is 1.19. The van der Waals surface area contributed by atoms with E-state index in [0.717, 1.165) is 0 Å². The third-order valence-electron chi connectivity index (χ3n) is 2.88. The largest absolute Gasteiger partial charge is 0.470 e. The average Bonchev–Trinajstić information content (AvgIpc) is 2.57. The van der Waals surface area contributed by atoms with Crippen LogP contribution in [0.1, 0.15) is 33.6 Å². The molecule has 0 saturated carbocycles. The molecule has 5 nitrogen and oxygen atoms in total. The lowest BCUT2D eigenvalue weighted by atomic mass is 9.99. The zero-order valence-corrected chi connectivity index (χ0v) is 12.6. The molecule has 0 bridgehead atoms. The topological polar surface area (TPSA) is 61.8 Å². The van der Waals surface area contributed by atoms with Crippen molar-refractivity contribution in [1.29, 1.82) is 0 Å². The summed E-state index contributed by atoms with van der Waals surface area (Å²) in [4.78, 5) is 23.2. The van der Waals surface area contributed by atoms with Crippen molar-refractivity contribution >= 4 is 22.8 Å². The Balaban J connectivity index is 2.73. The number of methoxy groups -OCH3 is 1. The smallest absolute Gasteiger partial charge is 0.305 e. The summed E-state index contributed by atoms with van der Waals surface area (Å²) in [7, 11) is 1.52. The Hall–Kier alpha value is -1.01. The molecule has 108 valence electrons. The Kier molecular flexibility index (Phi) is 5.87. The van der Waals surface area contributed by atoms with E-state index in [1.807, 2.05) is 6.92 Å². The van der Waals surface area contributed by atoms with E-state index in [4.69, 9.17) is 14.2 Å². The highest BCUT2D eigenvalue weighted by atomic mass is 32.2. The Morgan fingerprint density at radius 2 is 2.11 bits per heavy atom. The summed E-state index contributed by atoms with van der Waals surface area (Å²) in [5.41, 5.74) is 0.591. The fourth-order valence-electron chi connectivity index (χ4n) is 1.93. The van der Waals surface area contributed by atoms with E-state index in [0.29, 0.717) is 24.4 Å². The maximum Gasteiger partial charge on any atom is 0.305 e. The number of carbonyl (C=O) groups is 2. The van der Waals surface area contributed by atoms with Crippen LogP contribution in [0.3, 0.4) is 0 Å². The number of rotatable bonds is 7. The summed E-state index contributed by atoms with van der Waals surface area (Å²) in [5.74, 6) is 0.348. The van der Waals surface area contributed by atoms with Crippen LogP contribution in [0.4, 0.5) is 0 Å². The predicted molar refractivity (Wildman–Crippen MR) is 72.5 cm³/mol. The Bertz CT molecular complexity index is 390. The lowest BCUT2D eigenvalue weighted by Gasteiger charge is -2.25. The van der Waals surface area contributed by atoms with Crippen molar-refractivity contribution in [2.24, 2.45) is 0 Å². The van der Waals surface area contributed by atoms with Gasteiger partial charge in [-0.15, -0.1) is 0 Å². The maximum atomic E-state index is 11.8. The van der Waals surface area contributed by atoms with Crippen LogP contribution in [0, 0.1) is 0 Å². The van der Waals surface area contributed by atoms with Gasteiger partial charge in [-0.3, -0.25) is 9.59 Å². The molecule has 1 aliphatic heterocycles. The summed E-state index contributed by atoms with van der Waals surface area (Å²) in [6.07, 6.45) is 0.760. The average molecular weight is 288 g/mol. The van der Waals surface area contributed by atoms with Gasteiger partial charge in [0.05, 0.1) is 11.4 Å². The van der Waals surface area contributed by atoms with Gasteiger partial charge in [-0.1, -0.05) is 11.8 Å². The van der Waals surface area contributed by atoms with E-state index >= 15 is 0 Å². The van der Waals surface area contributed by atoms with Crippen molar-refractivity contribution in [2.75, 3.05) is 20.5 Å². The minimum Gasteiger partial charge on any atom is -0.470 e. The van der Waals surface area contributed by atoms with Gasteiger partial charge in [-0.2, -0.15) is 0 Å². The first kappa shape index (κ1) is 16.0. The molecule has 0 aromatic carbocycles. The van der Waals surface area contributed by atoms with E-state index < -0.39 is 4.75 Å². The zero-order valence-electron chi connectivity index (χ0n) is 11.8. The van der Waals surface area contributed by atoms with Crippen LogP contribution in [0.5, 0.6) is 0 Å². The molecule has 19 heavy (non-hydrogen) atoms. The normalized spacial score (nSPS) is 22.8. The highest BCUT2D eigenvalue weighted by molar-refractivity contribution is 8.15. The van der Waals surface area contributed by atoms with Crippen LogP contribution in [0.15, 0.2) is 11.3 Å². The van der Waals surface area contributed by atoms with Gasteiger partial charge in [0, 0.05) is 19.1 Å². The number of thioether (sulfide) groups is 1. The van der Waals surface area contributed by atoms with Crippen molar-refractivity contribution < 1.29 is 23.8 Å². The van der Waals surface area contributed by atoms with Gasteiger partial charge >= 0.3 is 5.97 Å².